The first-order valence-electron chi connectivity index (χ1n) is 6.33. The third kappa shape index (κ3) is 5.27. The normalized spacial score (nSPS) is 26.5. The van der Waals surface area contributed by atoms with Gasteiger partial charge in [0.1, 0.15) is 0 Å². The number of carbonyl (C=O) groups is 1. The molecule has 0 heterocycles. The molecule has 0 radical (unpaired) electrons. The van der Waals surface area contributed by atoms with E-state index in [4.69, 9.17) is 10.8 Å². The zero-order valence-corrected chi connectivity index (χ0v) is 11.3. The van der Waals surface area contributed by atoms with Gasteiger partial charge in [0.2, 0.25) is 5.91 Å². The van der Waals surface area contributed by atoms with E-state index in [0.717, 1.165) is 37.9 Å². The smallest absolute Gasteiger partial charge is 0.237 e. The van der Waals surface area contributed by atoms with Gasteiger partial charge >= 0.3 is 0 Å². The number of aliphatic hydroxyl groups excluding tert-OH is 1. The molecular formula is C12H24N2O2S. The van der Waals surface area contributed by atoms with Gasteiger partial charge in [0.05, 0.1) is 6.04 Å². The van der Waals surface area contributed by atoms with Crippen LogP contribution in [0, 0.1) is 5.92 Å². The van der Waals surface area contributed by atoms with E-state index in [1.165, 1.54) is 0 Å². The summed E-state index contributed by atoms with van der Waals surface area (Å²) < 4.78 is 0. The van der Waals surface area contributed by atoms with E-state index < -0.39 is 6.04 Å². The van der Waals surface area contributed by atoms with Gasteiger partial charge < -0.3 is 16.2 Å². The van der Waals surface area contributed by atoms with Crippen molar-refractivity contribution in [3.8, 4) is 0 Å². The highest BCUT2D eigenvalue weighted by molar-refractivity contribution is 7.98. The molecule has 1 fully saturated rings. The molecule has 3 atom stereocenters. The van der Waals surface area contributed by atoms with Crippen molar-refractivity contribution in [2.75, 3.05) is 18.6 Å². The number of hydrogen-bond acceptors (Lipinski definition) is 4. The monoisotopic (exact) mass is 260 g/mol. The maximum Gasteiger partial charge on any atom is 0.237 e. The molecule has 0 aliphatic heterocycles. The van der Waals surface area contributed by atoms with E-state index in [1.54, 1.807) is 11.8 Å². The van der Waals surface area contributed by atoms with Crippen LogP contribution < -0.4 is 11.1 Å². The number of nitrogens with two attached hydrogens (primary N) is 1. The lowest BCUT2D eigenvalue weighted by atomic mass is 9.86. The Labute approximate surface area is 108 Å². The van der Waals surface area contributed by atoms with Crippen molar-refractivity contribution in [2.24, 2.45) is 11.7 Å². The molecule has 5 heteroatoms. The number of hydrogen-bond donors (Lipinski definition) is 3. The molecule has 1 aliphatic rings. The molecule has 0 aromatic heterocycles. The Morgan fingerprint density at radius 2 is 2.35 bits per heavy atom. The maximum atomic E-state index is 11.8. The fourth-order valence-electron chi connectivity index (χ4n) is 2.27. The van der Waals surface area contributed by atoms with Crippen molar-refractivity contribution >= 4 is 17.7 Å². The van der Waals surface area contributed by atoms with Gasteiger partial charge in [-0.25, -0.2) is 0 Å². The summed E-state index contributed by atoms with van der Waals surface area (Å²) in [7, 11) is 0. The summed E-state index contributed by atoms with van der Waals surface area (Å²) in [5, 5.41) is 12.1. The van der Waals surface area contributed by atoms with Crippen molar-refractivity contribution < 1.29 is 9.90 Å². The summed E-state index contributed by atoms with van der Waals surface area (Å²) in [5.41, 5.74) is 5.81. The Bertz CT molecular complexity index is 239. The van der Waals surface area contributed by atoms with Crippen LogP contribution in [0.15, 0.2) is 0 Å². The number of nitrogens with one attached hydrogen (secondary N) is 1. The highest BCUT2D eigenvalue weighted by atomic mass is 32.2. The summed E-state index contributed by atoms with van der Waals surface area (Å²) in [5.74, 6) is 1.22. The van der Waals surface area contributed by atoms with Gasteiger partial charge in [0.25, 0.3) is 0 Å². The lowest BCUT2D eigenvalue weighted by Crippen LogP contribution is -2.47. The third-order valence-electron chi connectivity index (χ3n) is 3.36. The maximum absolute atomic E-state index is 11.8. The van der Waals surface area contributed by atoms with Crippen molar-refractivity contribution in [1.29, 1.82) is 0 Å². The Balaban J connectivity index is 2.29. The standard InChI is InChI=1S/C12H24N2O2S/c1-17-6-5-11(13)12(16)14-10-4-2-3-9(7-10)8-15/h9-11,15H,2-8,13H2,1H3,(H,14,16)/t9?,10?,11-/m1/s1. The van der Waals surface area contributed by atoms with Crippen LogP contribution in [0.4, 0.5) is 0 Å². The molecular weight excluding hydrogens is 236 g/mol. The van der Waals surface area contributed by atoms with Crippen LogP contribution >= 0.6 is 11.8 Å². The van der Waals surface area contributed by atoms with Gasteiger partial charge in [-0.15, -0.1) is 0 Å². The Kier molecular flexibility index (Phi) is 6.92. The lowest BCUT2D eigenvalue weighted by Gasteiger charge is -2.29. The van der Waals surface area contributed by atoms with Crippen LogP contribution in [0.2, 0.25) is 0 Å². The average Bonchev–Trinajstić information content (AvgIpc) is 2.36. The predicted octanol–water partition coefficient (Wildman–Crippen LogP) is 0.734. The minimum absolute atomic E-state index is 0.0392. The molecule has 1 aliphatic carbocycles. The number of amides is 1. The SMILES string of the molecule is CSCC[C@@H](N)C(=O)NC1CCCC(CO)C1. The highest BCUT2D eigenvalue weighted by Gasteiger charge is 2.24. The second-order valence-corrected chi connectivity index (χ2v) is 5.79. The van der Waals surface area contributed by atoms with Gasteiger partial charge in [-0.05, 0) is 43.6 Å². The average molecular weight is 260 g/mol. The van der Waals surface area contributed by atoms with E-state index in [9.17, 15) is 4.79 Å². The second kappa shape index (κ2) is 7.95. The molecule has 0 bridgehead atoms. The molecule has 4 N–H and O–H groups in total. The molecule has 0 saturated heterocycles. The van der Waals surface area contributed by atoms with Crippen molar-refractivity contribution in [3.05, 3.63) is 0 Å². The zero-order chi connectivity index (χ0) is 12.7. The van der Waals surface area contributed by atoms with Gasteiger partial charge in [-0.3, -0.25) is 4.79 Å². The van der Waals surface area contributed by atoms with Crippen LogP contribution in [0.1, 0.15) is 32.1 Å². The molecule has 2 unspecified atom stereocenters. The fraction of sp³-hybridized carbons (Fsp3) is 0.917. The van der Waals surface area contributed by atoms with Gasteiger partial charge in [0, 0.05) is 12.6 Å². The first-order valence-corrected chi connectivity index (χ1v) is 7.72. The Hall–Kier alpha value is -0.260. The molecule has 1 saturated carbocycles. The Morgan fingerprint density at radius 1 is 1.59 bits per heavy atom. The highest BCUT2D eigenvalue weighted by Crippen LogP contribution is 2.23. The van der Waals surface area contributed by atoms with Gasteiger partial charge in [-0.2, -0.15) is 11.8 Å². The van der Waals surface area contributed by atoms with Crippen molar-refractivity contribution in [2.45, 2.75) is 44.2 Å². The largest absolute Gasteiger partial charge is 0.396 e. The minimum Gasteiger partial charge on any atom is -0.396 e. The Morgan fingerprint density at radius 3 is 3.00 bits per heavy atom. The van der Waals surface area contributed by atoms with E-state index in [-0.39, 0.29) is 18.6 Å². The first kappa shape index (κ1) is 14.8. The molecule has 100 valence electrons. The summed E-state index contributed by atoms with van der Waals surface area (Å²) in [4.78, 5) is 11.8. The van der Waals surface area contributed by atoms with E-state index >= 15 is 0 Å². The van der Waals surface area contributed by atoms with Crippen LogP contribution in [-0.2, 0) is 4.79 Å². The van der Waals surface area contributed by atoms with E-state index in [0.29, 0.717) is 5.92 Å². The van der Waals surface area contributed by atoms with Crippen molar-refractivity contribution in [1.82, 2.24) is 5.32 Å². The molecule has 0 spiro atoms. The van der Waals surface area contributed by atoms with Crippen LogP contribution in [0.3, 0.4) is 0 Å². The minimum atomic E-state index is -0.392. The van der Waals surface area contributed by atoms with Gasteiger partial charge in [0.15, 0.2) is 0 Å². The van der Waals surface area contributed by atoms with E-state index in [2.05, 4.69) is 5.32 Å². The number of thioether (sulfide) groups is 1. The third-order valence-corrected chi connectivity index (χ3v) is 4.00. The number of rotatable bonds is 6. The summed E-state index contributed by atoms with van der Waals surface area (Å²) in [6.45, 7) is 0.227. The lowest BCUT2D eigenvalue weighted by molar-refractivity contribution is -0.123. The molecule has 0 aromatic carbocycles. The predicted molar refractivity (Wildman–Crippen MR) is 71.9 cm³/mol. The first-order chi connectivity index (χ1) is 8.17. The van der Waals surface area contributed by atoms with Crippen molar-refractivity contribution in [3.63, 3.8) is 0 Å². The number of carbonyl (C=O) groups excluding carboxylic acids is 1. The molecule has 0 aromatic rings. The van der Waals surface area contributed by atoms with Crippen LogP contribution in [0.25, 0.3) is 0 Å². The number of aliphatic hydroxyl groups is 1. The molecule has 1 amide bonds. The fourth-order valence-corrected chi connectivity index (χ4v) is 2.76. The summed E-state index contributed by atoms with van der Waals surface area (Å²) >= 11 is 1.70. The quantitative estimate of drug-likeness (QED) is 0.658. The summed E-state index contributed by atoms with van der Waals surface area (Å²) in [6.07, 6.45) is 6.79. The van der Waals surface area contributed by atoms with E-state index in [1.807, 2.05) is 6.26 Å². The topological polar surface area (TPSA) is 75.4 Å². The second-order valence-electron chi connectivity index (χ2n) is 4.81. The zero-order valence-electron chi connectivity index (χ0n) is 10.5. The molecule has 17 heavy (non-hydrogen) atoms. The summed E-state index contributed by atoms with van der Waals surface area (Å²) in [6, 6.07) is -0.189. The van der Waals surface area contributed by atoms with Gasteiger partial charge in [-0.1, -0.05) is 6.42 Å². The van der Waals surface area contributed by atoms with Crippen LogP contribution in [-0.4, -0.2) is 41.7 Å². The molecule has 1 rings (SSSR count). The van der Waals surface area contributed by atoms with Crippen LogP contribution in [0.5, 0.6) is 0 Å². The molecule has 4 nitrogen and oxygen atoms in total.